The summed E-state index contributed by atoms with van der Waals surface area (Å²) >= 11 is 0.672. The van der Waals surface area contributed by atoms with Gasteiger partial charge in [0.2, 0.25) is 15.4 Å². The number of hydrogen-bond acceptors (Lipinski definition) is 9. The van der Waals surface area contributed by atoms with Gasteiger partial charge in [0.25, 0.3) is 0 Å². The largest absolute Gasteiger partial charge is 0.691 e. The Morgan fingerprint density at radius 1 is 1.00 bits per heavy atom. The lowest BCUT2D eigenvalue weighted by atomic mass is 9.93. The highest BCUT2D eigenvalue weighted by Crippen LogP contribution is 2.45. The molecule has 0 radical (unpaired) electrons. The molecule has 0 bridgehead atoms. The van der Waals surface area contributed by atoms with E-state index in [2.05, 4.69) is 54.3 Å². The van der Waals surface area contributed by atoms with Crippen molar-refractivity contribution in [3.63, 3.8) is 0 Å². The van der Waals surface area contributed by atoms with Crippen LogP contribution in [0.5, 0.6) is 0 Å². The van der Waals surface area contributed by atoms with Gasteiger partial charge in [-0.15, -0.1) is 0 Å². The monoisotopic (exact) mass is 641 g/mol. The normalized spacial score (nSPS) is 15.5. The number of ether oxygens (including phenoxy) is 1. The zero-order chi connectivity index (χ0) is 31.4. The summed E-state index contributed by atoms with van der Waals surface area (Å²) in [5, 5.41) is 16.5. The minimum absolute atomic E-state index is 0.0736. The van der Waals surface area contributed by atoms with Gasteiger partial charge in [0.15, 0.2) is 0 Å². The van der Waals surface area contributed by atoms with Gasteiger partial charge < -0.3 is 19.3 Å². The summed E-state index contributed by atoms with van der Waals surface area (Å²) in [5.41, 5.74) is 4.06. The predicted molar refractivity (Wildman–Crippen MR) is 170 cm³/mol. The molecule has 3 aliphatic rings. The Kier molecular flexibility index (Phi) is 10.3. The van der Waals surface area contributed by atoms with Gasteiger partial charge >= 0.3 is 0 Å². The minimum atomic E-state index is -3.86. The molecule has 5 rings (SSSR count). The summed E-state index contributed by atoms with van der Waals surface area (Å²) in [6.45, 7) is 14.5. The molecule has 0 saturated carbocycles. The van der Waals surface area contributed by atoms with Crippen LogP contribution in [0.3, 0.4) is 0 Å². The Hall–Kier alpha value is -2.97. The van der Waals surface area contributed by atoms with Crippen LogP contribution in [0.25, 0.3) is 33.4 Å². The Morgan fingerprint density at radius 2 is 1.75 bits per heavy atom. The van der Waals surface area contributed by atoms with Gasteiger partial charge in [0, 0.05) is 71.9 Å². The lowest BCUT2D eigenvalue weighted by Crippen LogP contribution is -2.52. The highest BCUT2D eigenvalue weighted by Gasteiger charge is 2.39. The first-order chi connectivity index (χ1) is 21.3. The Labute approximate surface area is 262 Å². The van der Waals surface area contributed by atoms with Crippen LogP contribution >= 0.6 is 12.0 Å². The van der Waals surface area contributed by atoms with Crippen LogP contribution in [0.2, 0.25) is 0 Å². The molecule has 0 N–H and O–H groups in total. The van der Waals surface area contributed by atoms with Crippen molar-refractivity contribution in [2.24, 2.45) is 0 Å². The molecule has 2 aromatic carbocycles. The van der Waals surface area contributed by atoms with Gasteiger partial charge in [-0.05, 0) is 70.5 Å². The second-order valence-electron chi connectivity index (χ2n) is 10.4. The number of anilines is 1. The van der Waals surface area contributed by atoms with Crippen LogP contribution in [0.4, 0.5) is 5.69 Å². The van der Waals surface area contributed by atoms with Crippen molar-refractivity contribution in [2.45, 2.75) is 57.1 Å². The van der Waals surface area contributed by atoms with Gasteiger partial charge in [-0.2, -0.15) is 8.64 Å². The summed E-state index contributed by atoms with van der Waals surface area (Å²) in [6.07, 6.45) is 0.140. The standard InChI is InChI=1S/C32H39N3O7S2/c1-6-33(7-2)22-11-14-25-28(19-22)40-29-20-23(34(8-3)9-4)12-15-26(29)32(25)27-16-13-24(21-30(27)43-42-41-36)44(37,38)35-18-17-31(35)39-10-5/h11-16,19-21,31H,6-10,17-18H2,1-5H3. The summed E-state index contributed by atoms with van der Waals surface area (Å²) in [7, 11) is -3.86. The number of sulfonamides is 1. The predicted octanol–water partition coefficient (Wildman–Crippen LogP) is 4.85. The van der Waals surface area contributed by atoms with E-state index in [-0.39, 0.29) is 4.90 Å². The van der Waals surface area contributed by atoms with E-state index in [0.717, 1.165) is 53.7 Å². The molecule has 12 heteroatoms. The van der Waals surface area contributed by atoms with Crippen LogP contribution in [-0.2, 0) is 24.1 Å². The van der Waals surface area contributed by atoms with Gasteiger partial charge in [-0.1, -0.05) is 6.07 Å². The molecule has 1 fully saturated rings. The van der Waals surface area contributed by atoms with E-state index in [0.29, 0.717) is 53.4 Å². The van der Waals surface area contributed by atoms with Crippen molar-refractivity contribution in [3.8, 4) is 22.5 Å². The molecule has 2 aromatic rings. The van der Waals surface area contributed by atoms with Gasteiger partial charge in [-0.25, -0.2) is 13.0 Å². The lowest BCUT2D eigenvalue weighted by molar-refractivity contribution is -0.777. The van der Waals surface area contributed by atoms with Crippen LogP contribution in [0.1, 0.15) is 41.0 Å². The molecule has 0 spiro atoms. The topological polar surface area (TPSA) is 108 Å². The number of rotatable bonds is 13. The van der Waals surface area contributed by atoms with Gasteiger partial charge in [-0.3, -0.25) is 5.04 Å². The molecular formula is C32H39N3O7S2. The van der Waals surface area contributed by atoms with E-state index in [9.17, 15) is 13.7 Å². The van der Waals surface area contributed by atoms with E-state index < -0.39 is 16.3 Å². The van der Waals surface area contributed by atoms with E-state index in [1.807, 2.05) is 31.2 Å². The Morgan fingerprint density at radius 3 is 2.39 bits per heavy atom. The number of nitrogens with zero attached hydrogens (tertiary/aromatic N) is 3. The smallest absolute Gasteiger partial charge is 0.245 e. The average Bonchev–Trinajstić information content (AvgIpc) is 3.01. The van der Waals surface area contributed by atoms with Crippen LogP contribution in [0.15, 0.2) is 68.8 Å². The van der Waals surface area contributed by atoms with Gasteiger partial charge in [0.05, 0.1) is 23.0 Å². The molecule has 2 heterocycles. The number of hydrogen-bond donors (Lipinski definition) is 0. The van der Waals surface area contributed by atoms with Crippen LogP contribution < -0.4 is 20.1 Å². The molecule has 10 nitrogen and oxygen atoms in total. The quantitative estimate of drug-likeness (QED) is 0.0666. The van der Waals surface area contributed by atoms with Crippen molar-refractivity contribution >= 4 is 38.7 Å². The molecule has 0 amide bonds. The molecule has 2 aliphatic heterocycles. The highest BCUT2D eigenvalue weighted by atomic mass is 32.2. The Bertz CT molecular complexity index is 1760. The second kappa shape index (κ2) is 14.0. The molecule has 236 valence electrons. The molecule has 44 heavy (non-hydrogen) atoms. The molecule has 1 aliphatic carbocycles. The van der Waals surface area contributed by atoms with Crippen molar-refractivity contribution < 1.29 is 32.2 Å². The summed E-state index contributed by atoms with van der Waals surface area (Å²) < 4.78 is 47.7. The number of fused-ring (bicyclic) bond motifs is 2. The van der Waals surface area contributed by atoms with E-state index in [1.54, 1.807) is 12.1 Å². The van der Waals surface area contributed by atoms with E-state index >= 15 is 0 Å². The highest BCUT2D eigenvalue weighted by molar-refractivity contribution is 7.94. The fraction of sp³-hybridized carbons (Fsp3) is 0.406. The maximum Gasteiger partial charge on any atom is 0.245 e. The molecule has 1 atom stereocenters. The summed E-state index contributed by atoms with van der Waals surface area (Å²) in [4.78, 5) is 2.73. The van der Waals surface area contributed by atoms with E-state index in [4.69, 9.17) is 13.5 Å². The van der Waals surface area contributed by atoms with Crippen LogP contribution in [0, 0.1) is 0 Å². The maximum absolute atomic E-state index is 13.6. The second-order valence-corrected chi connectivity index (χ2v) is 13.0. The maximum atomic E-state index is 13.6. The number of benzene rings is 3. The fourth-order valence-corrected chi connectivity index (χ4v) is 8.04. The molecule has 0 aromatic heterocycles. The Balaban J connectivity index is 1.76. The molecular weight excluding hydrogens is 603 g/mol. The SMILES string of the molecule is CCOC1CCN1S(=O)(=O)c1ccc(-c2c3ccc(=[N+](CC)CC)cc-3oc3cc(N(CC)CC)ccc23)c(SOO[O-])c1. The fourth-order valence-electron chi connectivity index (χ4n) is 5.83. The average molecular weight is 642 g/mol. The molecule has 1 unspecified atom stereocenters. The van der Waals surface area contributed by atoms with Gasteiger partial charge in [0.1, 0.15) is 30.7 Å². The summed E-state index contributed by atoms with van der Waals surface area (Å²) in [6, 6.07) is 17.1. The van der Waals surface area contributed by atoms with Crippen molar-refractivity contribution in [1.29, 1.82) is 0 Å². The first-order valence-electron chi connectivity index (χ1n) is 15.1. The van der Waals surface area contributed by atoms with Crippen molar-refractivity contribution in [1.82, 2.24) is 8.88 Å². The van der Waals surface area contributed by atoms with Crippen molar-refractivity contribution in [2.75, 3.05) is 44.2 Å². The van der Waals surface area contributed by atoms with E-state index in [1.165, 1.54) is 10.4 Å². The van der Waals surface area contributed by atoms with Crippen molar-refractivity contribution in [3.05, 3.63) is 60.0 Å². The zero-order valence-electron chi connectivity index (χ0n) is 25.7. The minimum Gasteiger partial charge on any atom is -0.691 e. The summed E-state index contributed by atoms with van der Waals surface area (Å²) in [5.74, 6) is 0.683. The third-order valence-electron chi connectivity index (χ3n) is 8.20. The lowest BCUT2D eigenvalue weighted by Gasteiger charge is -2.38. The first-order valence-corrected chi connectivity index (χ1v) is 17.2. The first kappa shape index (κ1) is 32.4. The third kappa shape index (κ3) is 6.12. The zero-order valence-corrected chi connectivity index (χ0v) is 27.4. The van der Waals surface area contributed by atoms with Crippen LogP contribution in [-0.4, -0.2) is 58.3 Å². The third-order valence-corrected chi connectivity index (χ3v) is 10.7. The molecule has 1 saturated heterocycles.